The smallest absolute Gasteiger partial charge is 0.0902 e. The van der Waals surface area contributed by atoms with E-state index < -0.39 is 0 Å². The summed E-state index contributed by atoms with van der Waals surface area (Å²) in [4.78, 5) is 2.56. The molecule has 2 heterocycles. The first-order valence-electron chi connectivity index (χ1n) is 6.96. The summed E-state index contributed by atoms with van der Waals surface area (Å²) in [6, 6.07) is 0. The Bertz CT molecular complexity index is 255. The molecule has 0 amide bonds. The third-order valence-corrected chi connectivity index (χ3v) is 4.35. The van der Waals surface area contributed by atoms with Crippen molar-refractivity contribution in [1.29, 1.82) is 0 Å². The van der Waals surface area contributed by atoms with E-state index in [1.807, 2.05) is 0 Å². The van der Waals surface area contributed by atoms with Gasteiger partial charge in [0.2, 0.25) is 0 Å². The predicted octanol–water partition coefficient (Wildman–Crippen LogP) is 1.73. The predicted molar refractivity (Wildman–Crippen MR) is 71.2 cm³/mol. The fourth-order valence-electron chi connectivity index (χ4n) is 2.74. The SMILES string of the molecule is CC1(OCCN2CCC(C(C)(C)C)C2)CNC1. The van der Waals surface area contributed by atoms with E-state index in [0.717, 1.165) is 32.2 Å². The Labute approximate surface area is 106 Å². The highest BCUT2D eigenvalue weighted by atomic mass is 16.5. The van der Waals surface area contributed by atoms with E-state index in [-0.39, 0.29) is 5.60 Å². The minimum absolute atomic E-state index is 0.114. The Balaban J connectivity index is 1.64. The summed E-state index contributed by atoms with van der Waals surface area (Å²) >= 11 is 0. The molecule has 0 bridgehead atoms. The maximum atomic E-state index is 5.94. The van der Waals surface area contributed by atoms with Crippen LogP contribution in [0.3, 0.4) is 0 Å². The molecule has 0 spiro atoms. The summed E-state index contributed by atoms with van der Waals surface area (Å²) in [6.45, 7) is 15.8. The average Bonchev–Trinajstić information content (AvgIpc) is 2.63. The lowest BCUT2D eigenvalue weighted by molar-refractivity contribution is -0.0713. The van der Waals surface area contributed by atoms with Gasteiger partial charge in [0.05, 0.1) is 12.2 Å². The number of hydrogen-bond acceptors (Lipinski definition) is 3. The van der Waals surface area contributed by atoms with E-state index in [1.165, 1.54) is 19.5 Å². The molecule has 0 saturated carbocycles. The Morgan fingerprint density at radius 3 is 2.53 bits per heavy atom. The highest BCUT2D eigenvalue weighted by Crippen LogP contribution is 2.33. The number of rotatable bonds is 4. The Kier molecular flexibility index (Phi) is 3.81. The zero-order valence-corrected chi connectivity index (χ0v) is 11.9. The van der Waals surface area contributed by atoms with E-state index in [1.54, 1.807) is 0 Å². The summed E-state index contributed by atoms with van der Waals surface area (Å²) in [7, 11) is 0. The number of nitrogens with zero attached hydrogens (tertiary/aromatic N) is 1. The van der Waals surface area contributed by atoms with Gasteiger partial charge in [0.25, 0.3) is 0 Å². The second-order valence-corrected chi connectivity index (χ2v) is 7.05. The first-order valence-corrected chi connectivity index (χ1v) is 6.96. The third-order valence-electron chi connectivity index (χ3n) is 4.35. The van der Waals surface area contributed by atoms with Gasteiger partial charge in [-0.1, -0.05) is 20.8 Å². The van der Waals surface area contributed by atoms with E-state index in [2.05, 4.69) is 37.9 Å². The highest BCUT2D eigenvalue weighted by Gasteiger charge is 2.34. The van der Waals surface area contributed by atoms with Crippen LogP contribution in [0.25, 0.3) is 0 Å². The quantitative estimate of drug-likeness (QED) is 0.810. The molecule has 17 heavy (non-hydrogen) atoms. The van der Waals surface area contributed by atoms with E-state index in [4.69, 9.17) is 4.74 Å². The van der Waals surface area contributed by atoms with Crippen molar-refractivity contribution in [2.45, 2.75) is 39.7 Å². The molecule has 0 aromatic heterocycles. The standard InChI is InChI=1S/C14H28N2O/c1-13(2,3)12-5-6-16(9-12)7-8-17-14(4)10-15-11-14/h12,15H,5-11H2,1-4H3. The first kappa shape index (κ1) is 13.3. The monoisotopic (exact) mass is 240 g/mol. The van der Waals surface area contributed by atoms with Crippen LogP contribution in [0.1, 0.15) is 34.1 Å². The van der Waals surface area contributed by atoms with Gasteiger partial charge in [0.1, 0.15) is 0 Å². The minimum atomic E-state index is 0.114. The molecule has 2 aliphatic rings. The third kappa shape index (κ3) is 3.43. The zero-order chi connectivity index (χ0) is 12.5. The van der Waals surface area contributed by atoms with E-state index in [0.29, 0.717) is 5.41 Å². The van der Waals surface area contributed by atoms with Crippen LogP contribution in [0, 0.1) is 11.3 Å². The van der Waals surface area contributed by atoms with E-state index >= 15 is 0 Å². The molecule has 2 rings (SSSR count). The molecule has 3 nitrogen and oxygen atoms in total. The molecule has 100 valence electrons. The average molecular weight is 240 g/mol. The topological polar surface area (TPSA) is 24.5 Å². The molecule has 0 aromatic rings. The molecule has 2 aliphatic heterocycles. The normalized spacial score (nSPS) is 29.3. The van der Waals surface area contributed by atoms with Crippen molar-refractivity contribution in [2.24, 2.45) is 11.3 Å². The van der Waals surface area contributed by atoms with Gasteiger partial charge in [-0.15, -0.1) is 0 Å². The van der Waals surface area contributed by atoms with Crippen molar-refractivity contribution in [3.05, 3.63) is 0 Å². The molecule has 0 aliphatic carbocycles. The van der Waals surface area contributed by atoms with Gasteiger partial charge in [-0.2, -0.15) is 0 Å². The van der Waals surface area contributed by atoms with Crippen molar-refractivity contribution in [3.63, 3.8) is 0 Å². The summed E-state index contributed by atoms with van der Waals surface area (Å²) in [5.41, 5.74) is 0.572. The maximum absolute atomic E-state index is 5.94. The van der Waals surface area contributed by atoms with Crippen LogP contribution in [0.2, 0.25) is 0 Å². The Morgan fingerprint density at radius 1 is 1.35 bits per heavy atom. The van der Waals surface area contributed by atoms with Gasteiger partial charge in [-0.05, 0) is 31.2 Å². The van der Waals surface area contributed by atoms with Crippen LogP contribution in [0.15, 0.2) is 0 Å². The minimum Gasteiger partial charge on any atom is -0.371 e. The van der Waals surface area contributed by atoms with Crippen LogP contribution in [0.4, 0.5) is 0 Å². The highest BCUT2D eigenvalue weighted by molar-refractivity contribution is 4.90. The van der Waals surface area contributed by atoms with Gasteiger partial charge in [0, 0.05) is 26.2 Å². The number of likely N-dealkylation sites (tertiary alicyclic amines) is 1. The van der Waals surface area contributed by atoms with Gasteiger partial charge in [0.15, 0.2) is 0 Å². The first-order chi connectivity index (χ1) is 7.89. The van der Waals surface area contributed by atoms with Crippen molar-refractivity contribution in [2.75, 3.05) is 39.3 Å². The number of nitrogens with one attached hydrogen (secondary N) is 1. The van der Waals surface area contributed by atoms with Gasteiger partial charge in [-0.3, -0.25) is 0 Å². The molecule has 0 aromatic carbocycles. The van der Waals surface area contributed by atoms with Crippen molar-refractivity contribution < 1.29 is 4.74 Å². The fourth-order valence-corrected chi connectivity index (χ4v) is 2.74. The lowest BCUT2D eigenvalue weighted by atomic mass is 9.80. The largest absolute Gasteiger partial charge is 0.371 e. The molecule has 1 atom stereocenters. The lowest BCUT2D eigenvalue weighted by Gasteiger charge is -2.39. The van der Waals surface area contributed by atoms with Gasteiger partial charge in [-0.25, -0.2) is 0 Å². The summed E-state index contributed by atoms with van der Waals surface area (Å²) < 4.78 is 5.94. The summed E-state index contributed by atoms with van der Waals surface area (Å²) in [6.07, 6.45) is 1.35. The maximum Gasteiger partial charge on any atom is 0.0902 e. The summed E-state index contributed by atoms with van der Waals surface area (Å²) in [5, 5.41) is 3.27. The van der Waals surface area contributed by atoms with E-state index in [9.17, 15) is 0 Å². The van der Waals surface area contributed by atoms with Crippen molar-refractivity contribution in [3.8, 4) is 0 Å². The molecule has 1 N–H and O–H groups in total. The Hall–Kier alpha value is -0.120. The van der Waals surface area contributed by atoms with Crippen molar-refractivity contribution >= 4 is 0 Å². The van der Waals surface area contributed by atoms with Crippen LogP contribution in [0.5, 0.6) is 0 Å². The van der Waals surface area contributed by atoms with Gasteiger partial charge >= 0.3 is 0 Å². The summed E-state index contributed by atoms with van der Waals surface area (Å²) in [5.74, 6) is 0.850. The lowest BCUT2D eigenvalue weighted by Crippen LogP contribution is -2.59. The van der Waals surface area contributed by atoms with Gasteiger partial charge < -0.3 is 15.0 Å². The molecular formula is C14H28N2O. The second-order valence-electron chi connectivity index (χ2n) is 7.05. The molecule has 3 heteroatoms. The number of hydrogen-bond donors (Lipinski definition) is 1. The fraction of sp³-hybridized carbons (Fsp3) is 1.00. The van der Waals surface area contributed by atoms with Crippen LogP contribution >= 0.6 is 0 Å². The Morgan fingerprint density at radius 2 is 2.06 bits per heavy atom. The van der Waals surface area contributed by atoms with Crippen LogP contribution < -0.4 is 5.32 Å². The van der Waals surface area contributed by atoms with Crippen LogP contribution in [-0.4, -0.2) is 49.8 Å². The van der Waals surface area contributed by atoms with Crippen molar-refractivity contribution in [1.82, 2.24) is 10.2 Å². The molecule has 2 fully saturated rings. The van der Waals surface area contributed by atoms with Crippen LogP contribution in [-0.2, 0) is 4.74 Å². The number of ether oxygens (including phenoxy) is 1. The molecule has 1 unspecified atom stereocenters. The molecule has 0 radical (unpaired) electrons. The molecular weight excluding hydrogens is 212 g/mol. The second kappa shape index (κ2) is 4.87. The molecule has 2 saturated heterocycles. The zero-order valence-electron chi connectivity index (χ0n) is 11.9.